The summed E-state index contributed by atoms with van der Waals surface area (Å²) in [6.45, 7) is 3.45. The second-order valence-electron chi connectivity index (χ2n) is 4.53. The van der Waals surface area contributed by atoms with Crippen LogP contribution in [0, 0.1) is 0 Å². The lowest BCUT2D eigenvalue weighted by Gasteiger charge is -2.40. The van der Waals surface area contributed by atoms with E-state index >= 15 is 0 Å². The SMILES string of the molecule is CCCOC1C(Cl)CC1OCc1ccccc1Br. The van der Waals surface area contributed by atoms with Gasteiger partial charge in [-0.15, -0.1) is 11.6 Å². The van der Waals surface area contributed by atoms with Crippen molar-refractivity contribution in [2.45, 2.75) is 44.0 Å². The molecule has 0 N–H and O–H groups in total. The molecule has 1 aromatic rings. The molecule has 0 heterocycles. The Labute approximate surface area is 122 Å². The van der Waals surface area contributed by atoms with Crippen molar-refractivity contribution in [2.75, 3.05) is 6.61 Å². The molecule has 3 atom stereocenters. The molecule has 0 saturated heterocycles. The van der Waals surface area contributed by atoms with Crippen LogP contribution in [0.15, 0.2) is 28.7 Å². The maximum Gasteiger partial charge on any atom is 0.100 e. The highest BCUT2D eigenvalue weighted by Crippen LogP contribution is 2.33. The third-order valence-corrected chi connectivity index (χ3v) is 4.31. The van der Waals surface area contributed by atoms with Gasteiger partial charge in [-0.25, -0.2) is 0 Å². The van der Waals surface area contributed by atoms with Crippen molar-refractivity contribution < 1.29 is 9.47 Å². The lowest BCUT2D eigenvalue weighted by Crippen LogP contribution is -2.51. The van der Waals surface area contributed by atoms with Crippen LogP contribution >= 0.6 is 27.5 Å². The Balaban J connectivity index is 1.82. The molecule has 1 fully saturated rings. The van der Waals surface area contributed by atoms with Gasteiger partial charge in [-0.3, -0.25) is 0 Å². The smallest absolute Gasteiger partial charge is 0.100 e. The molecular weight excluding hydrogens is 316 g/mol. The summed E-state index contributed by atoms with van der Waals surface area (Å²) in [5.41, 5.74) is 1.16. The molecule has 0 spiro atoms. The summed E-state index contributed by atoms with van der Waals surface area (Å²) in [6.07, 6.45) is 2.07. The fraction of sp³-hybridized carbons (Fsp3) is 0.571. The molecule has 18 heavy (non-hydrogen) atoms. The van der Waals surface area contributed by atoms with E-state index in [4.69, 9.17) is 21.1 Å². The molecule has 2 nitrogen and oxygen atoms in total. The first kappa shape index (κ1) is 14.3. The monoisotopic (exact) mass is 332 g/mol. The number of rotatable bonds is 6. The molecule has 0 aromatic heterocycles. The van der Waals surface area contributed by atoms with Crippen molar-refractivity contribution in [1.82, 2.24) is 0 Å². The van der Waals surface area contributed by atoms with Gasteiger partial charge in [0.15, 0.2) is 0 Å². The second-order valence-corrected chi connectivity index (χ2v) is 5.94. The first-order valence-electron chi connectivity index (χ1n) is 6.33. The Kier molecular flexibility index (Phi) is 5.49. The maximum absolute atomic E-state index is 6.14. The average molecular weight is 334 g/mol. The Morgan fingerprint density at radius 1 is 1.33 bits per heavy atom. The second kappa shape index (κ2) is 6.90. The van der Waals surface area contributed by atoms with E-state index in [1.807, 2.05) is 18.2 Å². The molecule has 0 amide bonds. The Bertz CT molecular complexity index is 386. The van der Waals surface area contributed by atoms with E-state index < -0.39 is 0 Å². The van der Waals surface area contributed by atoms with Crippen molar-refractivity contribution in [3.05, 3.63) is 34.3 Å². The van der Waals surface area contributed by atoms with Crippen LogP contribution in [-0.4, -0.2) is 24.2 Å². The van der Waals surface area contributed by atoms with Gasteiger partial charge < -0.3 is 9.47 Å². The predicted molar refractivity (Wildman–Crippen MR) is 77.0 cm³/mol. The summed E-state index contributed by atoms with van der Waals surface area (Å²) in [5, 5.41) is 0.0979. The first-order valence-corrected chi connectivity index (χ1v) is 7.56. The van der Waals surface area contributed by atoms with Crippen LogP contribution in [0.4, 0.5) is 0 Å². The highest BCUT2D eigenvalue weighted by atomic mass is 79.9. The van der Waals surface area contributed by atoms with Gasteiger partial charge in [0, 0.05) is 11.1 Å². The van der Waals surface area contributed by atoms with Gasteiger partial charge in [0.25, 0.3) is 0 Å². The molecule has 1 aliphatic rings. The van der Waals surface area contributed by atoms with E-state index in [0.29, 0.717) is 6.61 Å². The lowest BCUT2D eigenvalue weighted by atomic mass is 9.91. The Hall–Kier alpha value is -0.0900. The van der Waals surface area contributed by atoms with E-state index in [9.17, 15) is 0 Å². The van der Waals surface area contributed by atoms with Crippen LogP contribution < -0.4 is 0 Å². The normalized spacial score (nSPS) is 26.9. The number of ether oxygens (including phenoxy) is 2. The van der Waals surface area contributed by atoms with E-state index in [2.05, 4.69) is 28.9 Å². The van der Waals surface area contributed by atoms with Crippen LogP contribution in [0.25, 0.3) is 0 Å². The maximum atomic E-state index is 6.14. The first-order chi connectivity index (χ1) is 8.72. The van der Waals surface area contributed by atoms with Crippen LogP contribution in [0.1, 0.15) is 25.3 Å². The van der Waals surface area contributed by atoms with Crippen LogP contribution in [0.3, 0.4) is 0 Å². The molecule has 1 aliphatic carbocycles. The van der Waals surface area contributed by atoms with Crippen molar-refractivity contribution >= 4 is 27.5 Å². The van der Waals surface area contributed by atoms with Gasteiger partial charge in [-0.2, -0.15) is 0 Å². The molecule has 4 heteroatoms. The van der Waals surface area contributed by atoms with Crippen LogP contribution in [0.2, 0.25) is 0 Å². The number of hydrogen-bond donors (Lipinski definition) is 0. The van der Waals surface area contributed by atoms with Crippen molar-refractivity contribution in [3.8, 4) is 0 Å². The fourth-order valence-corrected chi connectivity index (χ4v) is 2.78. The standard InChI is InChI=1S/C14H18BrClO2/c1-2-7-17-14-12(16)8-13(14)18-9-10-5-3-4-6-11(10)15/h3-6,12-14H,2,7-9H2,1H3. The minimum absolute atomic E-state index is 0.0501. The zero-order chi connectivity index (χ0) is 13.0. The summed E-state index contributed by atoms with van der Waals surface area (Å²) >= 11 is 9.66. The zero-order valence-electron chi connectivity index (χ0n) is 10.4. The Morgan fingerprint density at radius 3 is 2.78 bits per heavy atom. The highest BCUT2D eigenvalue weighted by molar-refractivity contribution is 9.10. The minimum atomic E-state index is 0.0501. The van der Waals surface area contributed by atoms with Gasteiger partial charge in [0.05, 0.1) is 18.1 Å². The highest BCUT2D eigenvalue weighted by Gasteiger charge is 2.41. The van der Waals surface area contributed by atoms with E-state index in [0.717, 1.165) is 29.5 Å². The van der Waals surface area contributed by atoms with Gasteiger partial charge in [0.1, 0.15) is 6.10 Å². The summed E-state index contributed by atoms with van der Waals surface area (Å²) in [4.78, 5) is 0. The van der Waals surface area contributed by atoms with E-state index in [1.165, 1.54) is 0 Å². The molecule has 2 rings (SSSR count). The number of benzene rings is 1. The van der Waals surface area contributed by atoms with Crippen molar-refractivity contribution in [2.24, 2.45) is 0 Å². The van der Waals surface area contributed by atoms with Crippen LogP contribution in [0.5, 0.6) is 0 Å². The topological polar surface area (TPSA) is 18.5 Å². The summed E-state index contributed by atoms with van der Waals surface area (Å²) in [6, 6.07) is 8.09. The molecular formula is C14H18BrClO2. The summed E-state index contributed by atoms with van der Waals surface area (Å²) < 4.78 is 12.7. The summed E-state index contributed by atoms with van der Waals surface area (Å²) in [5.74, 6) is 0. The van der Waals surface area contributed by atoms with Crippen molar-refractivity contribution in [1.29, 1.82) is 0 Å². The fourth-order valence-electron chi connectivity index (χ4n) is 1.97. The van der Waals surface area contributed by atoms with Gasteiger partial charge in [0.2, 0.25) is 0 Å². The number of hydrogen-bond acceptors (Lipinski definition) is 2. The largest absolute Gasteiger partial charge is 0.374 e. The summed E-state index contributed by atoms with van der Waals surface area (Å²) in [7, 11) is 0. The third-order valence-electron chi connectivity index (χ3n) is 3.11. The molecule has 1 saturated carbocycles. The van der Waals surface area contributed by atoms with Crippen molar-refractivity contribution in [3.63, 3.8) is 0 Å². The number of halogens is 2. The minimum Gasteiger partial charge on any atom is -0.374 e. The average Bonchev–Trinajstić information content (AvgIpc) is 2.36. The molecule has 1 aromatic carbocycles. The third kappa shape index (κ3) is 3.47. The molecule has 3 unspecified atom stereocenters. The predicted octanol–water partition coefficient (Wildman–Crippen LogP) is 4.14. The van der Waals surface area contributed by atoms with Gasteiger partial charge in [-0.05, 0) is 24.5 Å². The molecule has 100 valence electrons. The Morgan fingerprint density at radius 2 is 2.11 bits per heavy atom. The molecule has 0 aliphatic heterocycles. The zero-order valence-corrected chi connectivity index (χ0v) is 12.8. The number of alkyl halides is 1. The molecule has 0 bridgehead atoms. The van der Waals surface area contributed by atoms with E-state index in [1.54, 1.807) is 0 Å². The van der Waals surface area contributed by atoms with Gasteiger partial charge >= 0.3 is 0 Å². The van der Waals surface area contributed by atoms with Crippen LogP contribution in [-0.2, 0) is 16.1 Å². The van der Waals surface area contributed by atoms with Gasteiger partial charge in [-0.1, -0.05) is 41.1 Å². The lowest BCUT2D eigenvalue weighted by molar-refractivity contribution is -0.129. The van der Waals surface area contributed by atoms with E-state index in [-0.39, 0.29) is 17.6 Å². The molecule has 0 radical (unpaired) electrons. The quantitative estimate of drug-likeness (QED) is 0.728.